The summed E-state index contributed by atoms with van der Waals surface area (Å²) in [4.78, 5) is 19.5. The number of hydrogen-bond acceptors (Lipinski definition) is 3. The van der Waals surface area contributed by atoms with Gasteiger partial charge in [-0.1, -0.05) is 32.3 Å². The van der Waals surface area contributed by atoms with Gasteiger partial charge in [-0.2, -0.15) is 0 Å². The minimum Gasteiger partial charge on any atom is -0.496 e. The standard InChI is InChI=1S/C19H19BN2O2/c1-19(2,3)15-9-13(12-6-5-7-21-18(12)23)16-14(17(15)24-4)8-11(20)10-22-16/h5-10H,1-4H3,(H,21,23). The van der Waals surface area contributed by atoms with Crippen molar-refractivity contribution in [1.82, 2.24) is 9.97 Å². The quantitative estimate of drug-likeness (QED) is 0.739. The molecule has 120 valence electrons. The van der Waals surface area contributed by atoms with E-state index in [-0.39, 0.29) is 11.0 Å². The van der Waals surface area contributed by atoms with Gasteiger partial charge in [-0.25, -0.2) is 0 Å². The fraction of sp³-hybridized carbons (Fsp3) is 0.263. The Labute approximate surface area is 142 Å². The fourth-order valence-electron chi connectivity index (χ4n) is 2.91. The molecule has 0 amide bonds. The Balaban J connectivity index is 2.51. The van der Waals surface area contributed by atoms with Gasteiger partial charge in [0.25, 0.3) is 5.56 Å². The van der Waals surface area contributed by atoms with Crippen molar-refractivity contribution in [2.24, 2.45) is 0 Å². The highest BCUT2D eigenvalue weighted by Gasteiger charge is 2.24. The maximum Gasteiger partial charge on any atom is 0.255 e. The maximum absolute atomic E-state index is 12.3. The van der Waals surface area contributed by atoms with Crippen LogP contribution in [0.2, 0.25) is 0 Å². The van der Waals surface area contributed by atoms with Crippen LogP contribution in [0.4, 0.5) is 0 Å². The molecule has 3 aromatic rings. The third kappa shape index (κ3) is 2.71. The summed E-state index contributed by atoms with van der Waals surface area (Å²) < 4.78 is 5.68. The number of rotatable bonds is 2. The highest BCUT2D eigenvalue weighted by atomic mass is 16.5. The summed E-state index contributed by atoms with van der Waals surface area (Å²) >= 11 is 0. The zero-order valence-corrected chi connectivity index (χ0v) is 14.3. The molecule has 2 aromatic heterocycles. The van der Waals surface area contributed by atoms with E-state index in [1.54, 1.807) is 31.6 Å². The molecule has 1 aromatic carbocycles. The summed E-state index contributed by atoms with van der Waals surface area (Å²) in [6.07, 6.45) is 3.22. The predicted octanol–water partition coefficient (Wildman–Crippen LogP) is 2.69. The summed E-state index contributed by atoms with van der Waals surface area (Å²) in [5.74, 6) is 0.744. The molecule has 0 unspecified atom stereocenters. The molecule has 0 spiro atoms. The number of aromatic amines is 1. The minimum absolute atomic E-state index is 0.151. The molecule has 0 aliphatic rings. The molecule has 0 saturated heterocycles. The summed E-state index contributed by atoms with van der Waals surface area (Å²) in [6.45, 7) is 6.32. The lowest BCUT2D eigenvalue weighted by atomic mass is 9.82. The van der Waals surface area contributed by atoms with Crippen molar-refractivity contribution in [3.63, 3.8) is 0 Å². The summed E-state index contributed by atoms with van der Waals surface area (Å²) in [6, 6.07) is 7.44. The SMILES string of the molecule is [B]c1cnc2c(-c3ccc[nH]c3=O)cc(C(C)(C)C)c(OC)c2c1. The van der Waals surface area contributed by atoms with Gasteiger partial charge < -0.3 is 9.72 Å². The molecule has 0 aliphatic carbocycles. The van der Waals surface area contributed by atoms with Gasteiger partial charge in [0.1, 0.15) is 13.6 Å². The van der Waals surface area contributed by atoms with Crippen LogP contribution in [-0.2, 0) is 5.41 Å². The lowest BCUT2D eigenvalue weighted by Crippen LogP contribution is -2.16. The Morgan fingerprint density at radius 2 is 1.96 bits per heavy atom. The molecule has 3 rings (SSSR count). The topological polar surface area (TPSA) is 55.0 Å². The van der Waals surface area contributed by atoms with E-state index >= 15 is 0 Å². The number of nitrogens with one attached hydrogen (secondary N) is 1. The summed E-state index contributed by atoms with van der Waals surface area (Å²) in [5, 5.41) is 0.808. The number of pyridine rings is 2. The first kappa shape index (κ1) is 16.3. The van der Waals surface area contributed by atoms with Crippen LogP contribution in [0, 0.1) is 0 Å². The number of benzene rings is 1. The molecule has 2 radical (unpaired) electrons. The first-order valence-electron chi connectivity index (χ1n) is 7.77. The smallest absolute Gasteiger partial charge is 0.255 e. The van der Waals surface area contributed by atoms with Crippen molar-refractivity contribution in [1.29, 1.82) is 0 Å². The number of methoxy groups -OCH3 is 1. The summed E-state index contributed by atoms with van der Waals surface area (Å²) in [7, 11) is 7.58. The van der Waals surface area contributed by atoms with E-state index in [1.807, 2.05) is 12.1 Å². The molecule has 5 heteroatoms. The van der Waals surface area contributed by atoms with Crippen molar-refractivity contribution < 1.29 is 4.74 Å². The van der Waals surface area contributed by atoms with Gasteiger partial charge in [-0.3, -0.25) is 9.78 Å². The second-order valence-corrected chi connectivity index (χ2v) is 6.83. The van der Waals surface area contributed by atoms with Crippen LogP contribution in [0.5, 0.6) is 5.75 Å². The lowest BCUT2D eigenvalue weighted by Gasteiger charge is -2.25. The maximum atomic E-state index is 12.3. The molecule has 0 bridgehead atoms. The van der Waals surface area contributed by atoms with Gasteiger partial charge in [-0.05, 0) is 23.6 Å². The Morgan fingerprint density at radius 3 is 2.58 bits per heavy atom. The first-order valence-corrected chi connectivity index (χ1v) is 7.77. The molecular weight excluding hydrogens is 299 g/mol. The van der Waals surface area contributed by atoms with Crippen molar-refractivity contribution >= 4 is 24.2 Å². The number of ether oxygens (including phenoxy) is 1. The van der Waals surface area contributed by atoms with Gasteiger partial charge >= 0.3 is 0 Å². The van der Waals surface area contributed by atoms with E-state index in [4.69, 9.17) is 12.6 Å². The number of hydrogen-bond donors (Lipinski definition) is 1. The largest absolute Gasteiger partial charge is 0.496 e. The van der Waals surface area contributed by atoms with Gasteiger partial charge in [-0.15, -0.1) is 0 Å². The molecule has 2 heterocycles. The second-order valence-electron chi connectivity index (χ2n) is 6.83. The van der Waals surface area contributed by atoms with Gasteiger partial charge in [0.2, 0.25) is 0 Å². The molecule has 24 heavy (non-hydrogen) atoms. The van der Waals surface area contributed by atoms with E-state index in [0.29, 0.717) is 16.5 Å². The summed E-state index contributed by atoms with van der Waals surface area (Å²) in [5.41, 5.74) is 3.29. The van der Waals surface area contributed by atoms with Crippen LogP contribution in [-0.4, -0.2) is 24.9 Å². The molecule has 0 aliphatic heterocycles. The lowest BCUT2D eigenvalue weighted by molar-refractivity contribution is 0.402. The minimum atomic E-state index is -0.166. The van der Waals surface area contributed by atoms with Gasteiger partial charge in [0.05, 0.1) is 12.6 Å². The van der Waals surface area contributed by atoms with E-state index in [2.05, 4.69) is 30.7 Å². The van der Waals surface area contributed by atoms with Crippen LogP contribution >= 0.6 is 0 Å². The van der Waals surface area contributed by atoms with E-state index in [0.717, 1.165) is 22.3 Å². The fourth-order valence-corrected chi connectivity index (χ4v) is 2.91. The van der Waals surface area contributed by atoms with Crippen molar-refractivity contribution in [3.8, 4) is 16.9 Å². The van der Waals surface area contributed by atoms with Crippen molar-refractivity contribution in [2.75, 3.05) is 7.11 Å². The number of nitrogens with zero attached hydrogens (tertiary/aromatic N) is 1. The second kappa shape index (κ2) is 5.82. The molecular formula is C19H19BN2O2. The van der Waals surface area contributed by atoms with Gasteiger partial charge in [0.15, 0.2) is 0 Å². The van der Waals surface area contributed by atoms with E-state index in [1.165, 1.54) is 0 Å². The predicted molar refractivity (Wildman–Crippen MR) is 98.4 cm³/mol. The third-order valence-corrected chi connectivity index (χ3v) is 4.06. The molecule has 4 nitrogen and oxygen atoms in total. The number of aromatic nitrogens is 2. The van der Waals surface area contributed by atoms with E-state index < -0.39 is 0 Å². The monoisotopic (exact) mass is 318 g/mol. The van der Waals surface area contributed by atoms with Crippen LogP contribution in [0.25, 0.3) is 22.0 Å². The Bertz CT molecular complexity index is 971. The Hall–Kier alpha value is -2.56. The number of fused-ring (bicyclic) bond motifs is 1. The molecule has 0 fully saturated rings. The van der Waals surface area contributed by atoms with Crippen LogP contribution in [0.15, 0.2) is 41.5 Å². The molecule has 1 N–H and O–H groups in total. The average molecular weight is 318 g/mol. The average Bonchev–Trinajstić information content (AvgIpc) is 2.53. The highest BCUT2D eigenvalue weighted by molar-refractivity contribution is 6.33. The third-order valence-electron chi connectivity index (χ3n) is 4.06. The molecule has 0 saturated carbocycles. The number of H-pyrrole nitrogens is 1. The zero-order chi connectivity index (χ0) is 17.5. The molecule has 0 atom stereocenters. The van der Waals surface area contributed by atoms with Crippen molar-refractivity contribution in [3.05, 3.63) is 52.6 Å². The highest BCUT2D eigenvalue weighted by Crippen LogP contribution is 2.40. The Morgan fingerprint density at radius 1 is 1.21 bits per heavy atom. The van der Waals surface area contributed by atoms with Crippen molar-refractivity contribution in [2.45, 2.75) is 26.2 Å². The van der Waals surface area contributed by atoms with Crippen LogP contribution < -0.4 is 15.8 Å². The van der Waals surface area contributed by atoms with E-state index in [9.17, 15) is 4.79 Å². The first-order chi connectivity index (χ1) is 11.3. The Kier molecular flexibility index (Phi) is 3.95. The van der Waals surface area contributed by atoms with Crippen LogP contribution in [0.3, 0.4) is 0 Å². The zero-order valence-electron chi connectivity index (χ0n) is 14.3. The van der Waals surface area contributed by atoms with Crippen LogP contribution in [0.1, 0.15) is 26.3 Å². The normalized spacial score (nSPS) is 11.7. The van der Waals surface area contributed by atoms with Gasteiger partial charge in [0, 0.05) is 34.5 Å².